The van der Waals surface area contributed by atoms with Crippen molar-refractivity contribution in [3.63, 3.8) is 0 Å². The first-order chi connectivity index (χ1) is 17.0. The van der Waals surface area contributed by atoms with Gasteiger partial charge in [-0.2, -0.15) is 0 Å². The van der Waals surface area contributed by atoms with Crippen LogP contribution in [0, 0.1) is 0 Å². The van der Waals surface area contributed by atoms with Crippen molar-refractivity contribution in [1.82, 2.24) is 9.88 Å². The first-order valence-electron chi connectivity index (χ1n) is 11.7. The molecule has 1 aromatic rings. The predicted octanol–water partition coefficient (Wildman–Crippen LogP) is 1.31. The van der Waals surface area contributed by atoms with Gasteiger partial charge in [-0.25, -0.2) is 4.98 Å². The van der Waals surface area contributed by atoms with Crippen molar-refractivity contribution in [2.24, 2.45) is 0 Å². The molecule has 0 N–H and O–H groups in total. The van der Waals surface area contributed by atoms with E-state index in [0.29, 0.717) is 0 Å². The van der Waals surface area contributed by atoms with Gasteiger partial charge in [-0.1, -0.05) is 6.07 Å². The first-order valence-corrected chi connectivity index (χ1v) is 11.7. The zero-order chi connectivity index (χ0) is 26.4. The van der Waals surface area contributed by atoms with Gasteiger partial charge >= 0.3 is 23.9 Å². The Morgan fingerprint density at radius 2 is 1.58 bits per heavy atom. The summed E-state index contributed by atoms with van der Waals surface area (Å²) < 4.78 is 33.1. The van der Waals surface area contributed by atoms with Crippen LogP contribution in [0.3, 0.4) is 0 Å². The van der Waals surface area contributed by atoms with E-state index in [1.54, 1.807) is 12.3 Å². The highest BCUT2D eigenvalue weighted by Gasteiger charge is 2.53. The summed E-state index contributed by atoms with van der Waals surface area (Å²) in [6.07, 6.45) is -2.45. The molecule has 0 aromatic carbocycles. The van der Waals surface area contributed by atoms with Crippen LogP contribution in [0.4, 0.5) is 0 Å². The van der Waals surface area contributed by atoms with Crippen LogP contribution < -0.4 is 4.74 Å². The molecule has 0 aliphatic carbocycles. The lowest BCUT2D eigenvalue weighted by molar-refractivity contribution is -0.289. The number of hydrogen-bond donors (Lipinski definition) is 0. The number of carbonyl (C=O) groups is 4. The molecule has 12 heteroatoms. The molecule has 2 fully saturated rings. The molecule has 2 aliphatic heterocycles. The van der Waals surface area contributed by atoms with Gasteiger partial charge in [0.2, 0.25) is 18.3 Å². The smallest absolute Gasteiger partial charge is 0.303 e. The summed E-state index contributed by atoms with van der Waals surface area (Å²) in [6, 6.07) is 3.81. The Morgan fingerprint density at radius 3 is 2.11 bits per heavy atom. The highest BCUT2D eigenvalue weighted by Crippen LogP contribution is 2.32. The van der Waals surface area contributed by atoms with Gasteiger partial charge in [0, 0.05) is 46.0 Å². The first kappa shape index (κ1) is 27.3. The van der Waals surface area contributed by atoms with E-state index >= 15 is 0 Å². The van der Waals surface area contributed by atoms with Crippen molar-refractivity contribution in [2.75, 3.05) is 20.2 Å². The molecule has 198 valence electrons. The highest BCUT2D eigenvalue weighted by atomic mass is 16.7. The lowest BCUT2D eigenvalue weighted by Gasteiger charge is -2.43. The largest absolute Gasteiger partial charge is 0.463 e. The van der Waals surface area contributed by atoms with Crippen molar-refractivity contribution >= 4 is 23.9 Å². The Labute approximate surface area is 209 Å². The maximum absolute atomic E-state index is 11.9. The van der Waals surface area contributed by atoms with E-state index in [2.05, 4.69) is 16.9 Å². The topological polar surface area (TPSA) is 140 Å². The molecule has 2 aliphatic rings. The van der Waals surface area contributed by atoms with E-state index in [1.807, 2.05) is 6.07 Å². The quantitative estimate of drug-likeness (QED) is 0.369. The summed E-state index contributed by atoms with van der Waals surface area (Å²) in [5, 5.41) is 0. The highest BCUT2D eigenvalue weighted by molar-refractivity contribution is 5.68. The molecule has 0 amide bonds. The Hall–Kier alpha value is -3.25. The average Bonchev–Trinajstić information content (AvgIpc) is 3.22. The monoisotopic (exact) mass is 508 g/mol. The normalized spacial score (nSPS) is 28.1. The molecule has 0 radical (unpaired) electrons. The van der Waals surface area contributed by atoms with Crippen molar-refractivity contribution in [2.45, 2.75) is 77.3 Å². The lowest BCUT2D eigenvalue weighted by atomic mass is 9.98. The number of carbonyl (C=O) groups excluding carboxylic acids is 4. The van der Waals surface area contributed by atoms with Gasteiger partial charge < -0.3 is 28.4 Å². The fourth-order valence-corrected chi connectivity index (χ4v) is 4.39. The van der Waals surface area contributed by atoms with Crippen molar-refractivity contribution in [3.8, 4) is 5.88 Å². The van der Waals surface area contributed by atoms with Crippen LogP contribution >= 0.6 is 0 Å². The van der Waals surface area contributed by atoms with Crippen LogP contribution in [0.2, 0.25) is 0 Å². The lowest BCUT2D eigenvalue weighted by Crippen LogP contribution is -2.63. The SMILES string of the molecule is CC(=O)OC[C@H]1O[C@@H](Oc2ccc([C@@H]3CCCN3C)cn2)[C@H](OC(C)=O)[C@@H](OC(C)=O)[C@@H]1OC(C)=O. The minimum atomic E-state index is -1.32. The van der Waals surface area contributed by atoms with Gasteiger partial charge in [0.25, 0.3) is 0 Å². The zero-order valence-electron chi connectivity index (χ0n) is 21.0. The molecule has 6 atom stereocenters. The molecule has 0 saturated carbocycles. The third kappa shape index (κ3) is 7.14. The van der Waals surface area contributed by atoms with Gasteiger partial charge in [0.1, 0.15) is 12.7 Å². The molecule has 0 bridgehead atoms. The van der Waals surface area contributed by atoms with Gasteiger partial charge in [0.15, 0.2) is 12.2 Å². The fraction of sp³-hybridized carbons (Fsp3) is 0.625. The number of likely N-dealkylation sites (tertiary alicyclic amines) is 1. The van der Waals surface area contributed by atoms with Crippen LogP contribution in [0.15, 0.2) is 18.3 Å². The molecule has 2 saturated heterocycles. The Balaban J connectivity index is 1.90. The van der Waals surface area contributed by atoms with E-state index in [9.17, 15) is 19.2 Å². The number of ether oxygens (including phenoxy) is 6. The molecule has 0 unspecified atom stereocenters. The van der Waals surface area contributed by atoms with Gasteiger partial charge in [-0.15, -0.1) is 0 Å². The minimum Gasteiger partial charge on any atom is -0.463 e. The maximum Gasteiger partial charge on any atom is 0.303 e. The molecule has 12 nitrogen and oxygen atoms in total. The number of pyridine rings is 1. The van der Waals surface area contributed by atoms with Crippen LogP contribution in [0.1, 0.15) is 52.1 Å². The molecular weight excluding hydrogens is 476 g/mol. The maximum atomic E-state index is 11.9. The van der Waals surface area contributed by atoms with Crippen molar-refractivity contribution < 1.29 is 47.6 Å². The molecule has 0 spiro atoms. The number of rotatable bonds is 8. The van der Waals surface area contributed by atoms with Gasteiger partial charge in [-0.3, -0.25) is 24.1 Å². The number of nitrogens with zero attached hydrogens (tertiary/aromatic N) is 2. The Bertz CT molecular complexity index is 953. The average molecular weight is 509 g/mol. The van der Waals surface area contributed by atoms with E-state index < -0.39 is 54.6 Å². The van der Waals surface area contributed by atoms with E-state index in [-0.39, 0.29) is 18.5 Å². The van der Waals surface area contributed by atoms with Crippen LogP contribution in [0.25, 0.3) is 0 Å². The number of esters is 4. The summed E-state index contributed by atoms with van der Waals surface area (Å²) in [6.45, 7) is 5.35. The standard InChI is InChI=1S/C24H32N2O10/c1-13(27)31-12-19-21(32-14(2)28)22(33-15(3)29)23(34-16(4)30)24(35-19)36-20-9-8-17(11-25-20)18-7-6-10-26(18)5/h8-9,11,18-19,21-24H,6-7,10,12H2,1-5H3/t18-,19+,21+,22-,23+,24-/m0/s1. The second-order valence-corrected chi connectivity index (χ2v) is 8.75. The molecule has 36 heavy (non-hydrogen) atoms. The summed E-state index contributed by atoms with van der Waals surface area (Å²) in [4.78, 5) is 53.7. The second kappa shape index (κ2) is 12.1. The molecule has 1 aromatic heterocycles. The zero-order valence-corrected chi connectivity index (χ0v) is 21.0. The summed E-state index contributed by atoms with van der Waals surface area (Å²) >= 11 is 0. The van der Waals surface area contributed by atoms with Gasteiger partial charge in [-0.05, 0) is 32.0 Å². The summed E-state index contributed by atoms with van der Waals surface area (Å²) in [5.41, 5.74) is 1.03. The van der Waals surface area contributed by atoms with E-state index in [1.165, 1.54) is 13.8 Å². The second-order valence-electron chi connectivity index (χ2n) is 8.75. The third-order valence-corrected chi connectivity index (χ3v) is 5.85. The minimum absolute atomic E-state index is 0.167. The summed E-state index contributed by atoms with van der Waals surface area (Å²) in [5.74, 6) is -2.56. The predicted molar refractivity (Wildman–Crippen MR) is 121 cm³/mol. The summed E-state index contributed by atoms with van der Waals surface area (Å²) in [7, 11) is 2.06. The van der Waals surface area contributed by atoms with Gasteiger partial charge in [0.05, 0.1) is 0 Å². The Morgan fingerprint density at radius 1 is 0.944 bits per heavy atom. The Kier molecular flexibility index (Phi) is 9.21. The molecule has 3 rings (SSSR count). The fourth-order valence-electron chi connectivity index (χ4n) is 4.39. The van der Waals surface area contributed by atoms with Crippen LogP contribution in [0.5, 0.6) is 5.88 Å². The van der Waals surface area contributed by atoms with E-state index in [4.69, 9.17) is 28.4 Å². The van der Waals surface area contributed by atoms with Crippen molar-refractivity contribution in [1.29, 1.82) is 0 Å². The van der Waals surface area contributed by atoms with Crippen LogP contribution in [-0.2, 0) is 42.9 Å². The third-order valence-electron chi connectivity index (χ3n) is 5.85. The molecular formula is C24H32N2O10. The van der Waals surface area contributed by atoms with Crippen LogP contribution in [-0.4, -0.2) is 84.7 Å². The number of aromatic nitrogens is 1. The number of hydrogen-bond acceptors (Lipinski definition) is 12. The molecule has 3 heterocycles. The van der Waals surface area contributed by atoms with E-state index in [0.717, 1.165) is 38.8 Å². The van der Waals surface area contributed by atoms with Crippen molar-refractivity contribution in [3.05, 3.63) is 23.9 Å².